The third-order valence-corrected chi connectivity index (χ3v) is 4.72. The number of hydrogen-bond donors (Lipinski definition) is 0. The van der Waals surface area contributed by atoms with Crippen molar-refractivity contribution in [3.8, 4) is 0 Å². The second-order valence-corrected chi connectivity index (χ2v) is 6.04. The molecule has 0 saturated carbocycles. The van der Waals surface area contributed by atoms with Gasteiger partial charge in [-0.05, 0) is 55.3 Å². The summed E-state index contributed by atoms with van der Waals surface area (Å²) in [5, 5.41) is 2.21. The van der Waals surface area contributed by atoms with E-state index in [0.717, 1.165) is 6.42 Å². The molecule has 0 nitrogen and oxygen atoms in total. The van der Waals surface area contributed by atoms with Gasteiger partial charge in [-0.3, -0.25) is 0 Å². The molecule has 0 aliphatic rings. The fraction of sp³-hybridized carbons (Fsp3) is 0.333. The van der Waals surface area contributed by atoms with E-state index in [-0.39, 0.29) is 5.38 Å². The number of benzene rings is 1. The zero-order valence-electron chi connectivity index (χ0n) is 10.5. The average Bonchev–Trinajstić information content (AvgIpc) is 2.70. The van der Waals surface area contributed by atoms with Gasteiger partial charge in [-0.1, -0.05) is 23.8 Å². The van der Waals surface area contributed by atoms with Crippen LogP contribution >= 0.6 is 22.9 Å². The van der Waals surface area contributed by atoms with Crippen LogP contribution in [0.1, 0.15) is 32.5 Å². The Labute approximate surface area is 112 Å². The van der Waals surface area contributed by atoms with Gasteiger partial charge >= 0.3 is 0 Å². The van der Waals surface area contributed by atoms with Crippen molar-refractivity contribution in [2.75, 3.05) is 0 Å². The van der Waals surface area contributed by atoms with Crippen LogP contribution in [0.5, 0.6) is 0 Å². The van der Waals surface area contributed by atoms with Gasteiger partial charge in [0.1, 0.15) is 0 Å². The van der Waals surface area contributed by atoms with Crippen molar-refractivity contribution in [1.82, 2.24) is 0 Å². The summed E-state index contributed by atoms with van der Waals surface area (Å²) in [7, 11) is 0. The molecule has 17 heavy (non-hydrogen) atoms. The first-order valence-corrected chi connectivity index (χ1v) is 7.13. The maximum absolute atomic E-state index is 6.52. The molecule has 0 radical (unpaired) electrons. The Kier molecular flexibility index (Phi) is 3.90. The molecule has 2 aromatic rings. The standard InChI is InChI=1S/C15H17ClS/c1-10-4-5-11(2)13(8-10)9-14(16)15-12(3)6-7-17-15/h4-8,14H,9H2,1-3H3. The fourth-order valence-electron chi connectivity index (χ4n) is 2.01. The molecule has 0 spiro atoms. The first-order valence-electron chi connectivity index (χ1n) is 5.82. The molecule has 0 amide bonds. The summed E-state index contributed by atoms with van der Waals surface area (Å²) in [4.78, 5) is 1.30. The molecule has 1 heterocycles. The monoisotopic (exact) mass is 264 g/mol. The minimum absolute atomic E-state index is 0.0931. The predicted molar refractivity (Wildman–Crippen MR) is 77.3 cm³/mol. The lowest BCUT2D eigenvalue weighted by Gasteiger charge is -2.12. The smallest absolute Gasteiger partial charge is 0.0721 e. The zero-order chi connectivity index (χ0) is 12.4. The average molecular weight is 265 g/mol. The zero-order valence-corrected chi connectivity index (χ0v) is 12.0. The van der Waals surface area contributed by atoms with Gasteiger partial charge in [-0.2, -0.15) is 0 Å². The molecular weight excluding hydrogens is 248 g/mol. The summed E-state index contributed by atoms with van der Waals surface area (Å²) in [6.07, 6.45) is 0.913. The highest BCUT2D eigenvalue weighted by atomic mass is 35.5. The topological polar surface area (TPSA) is 0 Å². The molecule has 1 unspecified atom stereocenters. The maximum Gasteiger partial charge on any atom is 0.0721 e. The van der Waals surface area contributed by atoms with Crippen LogP contribution < -0.4 is 0 Å². The minimum atomic E-state index is 0.0931. The van der Waals surface area contributed by atoms with E-state index in [1.54, 1.807) is 11.3 Å². The number of rotatable bonds is 3. The van der Waals surface area contributed by atoms with E-state index in [0.29, 0.717) is 0 Å². The van der Waals surface area contributed by atoms with E-state index < -0.39 is 0 Å². The van der Waals surface area contributed by atoms with Crippen molar-refractivity contribution >= 4 is 22.9 Å². The molecule has 1 aromatic carbocycles. The number of aryl methyl sites for hydroxylation is 3. The molecule has 90 valence electrons. The molecular formula is C15H17ClS. The van der Waals surface area contributed by atoms with E-state index in [1.807, 2.05) is 0 Å². The maximum atomic E-state index is 6.52. The Balaban J connectivity index is 2.21. The van der Waals surface area contributed by atoms with Crippen molar-refractivity contribution in [2.24, 2.45) is 0 Å². The summed E-state index contributed by atoms with van der Waals surface area (Å²) >= 11 is 8.28. The quantitative estimate of drug-likeness (QED) is 0.669. The van der Waals surface area contributed by atoms with Crippen molar-refractivity contribution in [2.45, 2.75) is 32.6 Å². The van der Waals surface area contributed by atoms with Crippen molar-refractivity contribution in [3.63, 3.8) is 0 Å². The van der Waals surface area contributed by atoms with Gasteiger partial charge in [-0.15, -0.1) is 22.9 Å². The van der Waals surface area contributed by atoms with E-state index in [1.165, 1.54) is 27.1 Å². The Morgan fingerprint density at radius 3 is 2.53 bits per heavy atom. The molecule has 0 fully saturated rings. The van der Waals surface area contributed by atoms with Gasteiger partial charge in [0.25, 0.3) is 0 Å². The third kappa shape index (κ3) is 2.91. The van der Waals surface area contributed by atoms with Gasteiger partial charge in [0.05, 0.1) is 5.38 Å². The third-order valence-electron chi connectivity index (χ3n) is 3.09. The van der Waals surface area contributed by atoms with Gasteiger partial charge in [0.15, 0.2) is 0 Å². The van der Waals surface area contributed by atoms with Crippen molar-refractivity contribution < 1.29 is 0 Å². The van der Waals surface area contributed by atoms with Crippen LogP contribution in [-0.4, -0.2) is 0 Å². The molecule has 0 bridgehead atoms. The van der Waals surface area contributed by atoms with Crippen LogP contribution in [0.15, 0.2) is 29.6 Å². The number of thiophene rings is 1. The van der Waals surface area contributed by atoms with Crippen LogP contribution in [0.3, 0.4) is 0 Å². The summed E-state index contributed by atoms with van der Waals surface area (Å²) in [6.45, 7) is 6.41. The van der Waals surface area contributed by atoms with Crippen LogP contribution in [0, 0.1) is 20.8 Å². The fourth-order valence-corrected chi connectivity index (χ4v) is 3.41. The minimum Gasteiger partial charge on any atom is -0.147 e. The SMILES string of the molecule is Cc1ccc(C)c(CC(Cl)c2sccc2C)c1. The normalized spacial score (nSPS) is 12.7. The van der Waals surface area contributed by atoms with Crippen LogP contribution in [0.2, 0.25) is 0 Å². The Hall–Kier alpha value is -0.790. The molecule has 1 atom stereocenters. The summed E-state index contributed by atoms with van der Waals surface area (Å²) in [6, 6.07) is 8.71. The van der Waals surface area contributed by atoms with E-state index in [2.05, 4.69) is 50.4 Å². The lowest BCUT2D eigenvalue weighted by Crippen LogP contribution is -1.98. The van der Waals surface area contributed by atoms with Crippen LogP contribution in [-0.2, 0) is 6.42 Å². The van der Waals surface area contributed by atoms with Gasteiger partial charge < -0.3 is 0 Å². The highest BCUT2D eigenvalue weighted by molar-refractivity contribution is 7.10. The Morgan fingerprint density at radius 1 is 1.12 bits per heavy atom. The second-order valence-electron chi connectivity index (χ2n) is 4.57. The van der Waals surface area contributed by atoms with E-state index >= 15 is 0 Å². The highest BCUT2D eigenvalue weighted by Crippen LogP contribution is 2.32. The summed E-state index contributed by atoms with van der Waals surface area (Å²) in [5.41, 5.74) is 5.30. The lowest BCUT2D eigenvalue weighted by molar-refractivity contribution is 0.920. The predicted octanol–water partition coefficient (Wildman–Crippen LogP) is 5.20. The number of hydrogen-bond acceptors (Lipinski definition) is 1. The van der Waals surface area contributed by atoms with Crippen molar-refractivity contribution in [3.05, 3.63) is 56.8 Å². The molecule has 0 aliphatic heterocycles. The van der Waals surface area contributed by atoms with E-state index in [4.69, 9.17) is 11.6 Å². The molecule has 2 rings (SSSR count). The Morgan fingerprint density at radius 2 is 1.88 bits per heavy atom. The molecule has 1 aromatic heterocycles. The van der Waals surface area contributed by atoms with Gasteiger partial charge in [-0.25, -0.2) is 0 Å². The Bertz CT molecular complexity index is 513. The second kappa shape index (κ2) is 5.24. The largest absolute Gasteiger partial charge is 0.147 e. The summed E-state index contributed by atoms with van der Waals surface area (Å²) in [5.74, 6) is 0. The first kappa shape index (κ1) is 12.7. The molecule has 0 N–H and O–H groups in total. The van der Waals surface area contributed by atoms with Crippen LogP contribution in [0.25, 0.3) is 0 Å². The van der Waals surface area contributed by atoms with Gasteiger partial charge in [0, 0.05) is 4.88 Å². The lowest BCUT2D eigenvalue weighted by atomic mass is 10.00. The summed E-state index contributed by atoms with van der Waals surface area (Å²) < 4.78 is 0. The van der Waals surface area contributed by atoms with Crippen LogP contribution in [0.4, 0.5) is 0 Å². The number of alkyl halides is 1. The molecule has 0 saturated heterocycles. The molecule has 2 heteroatoms. The highest BCUT2D eigenvalue weighted by Gasteiger charge is 2.14. The first-order chi connectivity index (χ1) is 8.08. The van der Waals surface area contributed by atoms with E-state index in [9.17, 15) is 0 Å². The van der Waals surface area contributed by atoms with Crippen molar-refractivity contribution in [1.29, 1.82) is 0 Å². The number of halogens is 1. The van der Waals surface area contributed by atoms with Gasteiger partial charge in [0.2, 0.25) is 0 Å². The molecule has 0 aliphatic carbocycles.